The first-order chi connectivity index (χ1) is 9.42. The molecule has 1 N–H and O–H groups in total. The molecule has 2 fully saturated rings. The summed E-state index contributed by atoms with van der Waals surface area (Å²) in [6.45, 7) is 3.41. The first-order valence-corrected chi connectivity index (χ1v) is 7.33. The van der Waals surface area contributed by atoms with Gasteiger partial charge in [0.2, 0.25) is 0 Å². The van der Waals surface area contributed by atoms with Crippen molar-refractivity contribution < 1.29 is 4.74 Å². The molecule has 1 aromatic rings. The number of ether oxygens (including phenoxy) is 1. The van der Waals surface area contributed by atoms with E-state index in [-0.39, 0.29) is 0 Å². The summed E-state index contributed by atoms with van der Waals surface area (Å²) in [4.78, 5) is 11.0. The topological polar surface area (TPSA) is 50.3 Å². The van der Waals surface area contributed by atoms with E-state index in [1.807, 2.05) is 0 Å². The van der Waals surface area contributed by atoms with Crippen LogP contribution in [0.4, 0.5) is 11.6 Å². The van der Waals surface area contributed by atoms with E-state index < -0.39 is 0 Å². The molecule has 0 atom stereocenters. The molecule has 1 aromatic heterocycles. The van der Waals surface area contributed by atoms with Gasteiger partial charge in [-0.1, -0.05) is 19.3 Å². The van der Waals surface area contributed by atoms with Crippen LogP contribution in [0.25, 0.3) is 0 Å². The molecule has 0 radical (unpaired) electrons. The number of hydrogen-bond donors (Lipinski definition) is 1. The van der Waals surface area contributed by atoms with Crippen LogP contribution in [-0.2, 0) is 4.74 Å². The molecular weight excluding hydrogens is 240 g/mol. The van der Waals surface area contributed by atoms with Gasteiger partial charge >= 0.3 is 0 Å². The minimum Gasteiger partial charge on any atom is -0.378 e. The summed E-state index contributed by atoms with van der Waals surface area (Å²) >= 11 is 0. The molecule has 5 nitrogen and oxygen atoms in total. The van der Waals surface area contributed by atoms with Crippen LogP contribution in [0.15, 0.2) is 12.4 Å². The van der Waals surface area contributed by atoms with Crippen molar-refractivity contribution in [1.29, 1.82) is 0 Å². The lowest BCUT2D eigenvalue weighted by Gasteiger charge is -2.28. The maximum absolute atomic E-state index is 5.37. The summed E-state index contributed by atoms with van der Waals surface area (Å²) in [6, 6.07) is 2.65. The quantitative estimate of drug-likeness (QED) is 0.903. The van der Waals surface area contributed by atoms with E-state index in [0.29, 0.717) is 6.04 Å². The summed E-state index contributed by atoms with van der Waals surface area (Å²) < 4.78 is 5.37. The van der Waals surface area contributed by atoms with E-state index >= 15 is 0 Å². The van der Waals surface area contributed by atoms with Crippen LogP contribution in [0.3, 0.4) is 0 Å². The van der Waals surface area contributed by atoms with Crippen molar-refractivity contribution in [2.75, 3.05) is 36.5 Å². The van der Waals surface area contributed by atoms with Gasteiger partial charge in [-0.05, 0) is 12.8 Å². The maximum Gasteiger partial charge on any atom is 0.134 e. The largest absolute Gasteiger partial charge is 0.378 e. The minimum atomic E-state index is 0.584. The third kappa shape index (κ3) is 3.35. The van der Waals surface area contributed by atoms with Crippen molar-refractivity contribution in [3.05, 3.63) is 12.4 Å². The van der Waals surface area contributed by atoms with Crippen molar-refractivity contribution in [3.8, 4) is 0 Å². The molecule has 5 heteroatoms. The summed E-state index contributed by atoms with van der Waals surface area (Å²) in [5.74, 6) is 1.97. The van der Waals surface area contributed by atoms with Crippen LogP contribution >= 0.6 is 0 Å². The van der Waals surface area contributed by atoms with Crippen molar-refractivity contribution in [1.82, 2.24) is 9.97 Å². The highest BCUT2D eigenvalue weighted by Gasteiger charge is 2.16. The lowest BCUT2D eigenvalue weighted by Crippen LogP contribution is -2.36. The van der Waals surface area contributed by atoms with E-state index in [0.717, 1.165) is 37.9 Å². The average Bonchev–Trinajstić information content (AvgIpc) is 2.49. The van der Waals surface area contributed by atoms with E-state index in [4.69, 9.17) is 4.74 Å². The fraction of sp³-hybridized carbons (Fsp3) is 0.714. The predicted octanol–water partition coefficient (Wildman–Crippen LogP) is 2.06. The van der Waals surface area contributed by atoms with E-state index in [2.05, 4.69) is 26.3 Å². The highest BCUT2D eigenvalue weighted by atomic mass is 16.5. The van der Waals surface area contributed by atoms with Gasteiger partial charge in [0.1, 0.15) is 18.0 Å². The molecule has 0 bridgehead atoms. The third-order valence-electron chi connectivity index (χ3n) is 3.94. The Morgan fingerprint density at radius 1 is 1.11 bits per heavy atom. The Balaban J connectivity index is 1.64. The van der Waals surface area contributed by atoms with Gasteiger partial charge in [-0.2, -0.15) is 0 Å². The number of hydrogen-bond acceptors (Lipinski definition) is 5. The van der Waals surface area contributed by atoms with Gasteiger partial charge in [0.25, 0.3) is 0 Å². The number of morpholine rings is 1. The average molecular weight is 262 g/mol. The Morgan fingerprint density at radius 2 is 1.89 bits per heavy atom. The second-order valence-corrected chi connectivity index (χ2v) is 5.34. The molecule has 0 aromatic carbocycles. The van der Waals surface area contributed by atoms with Gasteiger partial charge in [0.15, 0.2) is 0 Å². The molecule has 1 saturated carbocycles. The predicted molar refractivity (Wildman–Crippen MR) is 75.6 cm³/mol. The number of nitrogens with one attached hydrogen (secondary N) is 1. The van der Waals surface area contributed by atoms with E-state index in [1.54, 1.807) is 6.33 Å². The molecule has 3 rings (SSSR count). The van der Waals surface area contributed by atoms with Gasteiger partial charge in [-0.15, -0.1) is 0 Å². The van der Waals surface area contributed by atoms with Crippen LogP contribution in [0.1, 0.15) is 32.1 Å². The van der Waals surface area contributed by atoms with Gasteiger partial charge in [-0.3, -0.25) is 0 Å². The highest BCUT2D eigenvalue weighted by Crippen LogP contribution is 2.22. The molecular formula is C14H22N4O. The molecule has 0 amide bonds. The number of rotatable bonds is 3. The minimum absolute atomic E-state index is 0.584. The first kappa shape index (κ1) is 12.7. The van der Waals surface area contributed by atoms with Crippen LogP contribution in [0.2, 0.25) is 0 Å². The third-order valence-corrected chi connectivity index (χ3v) is 3.94. The van der Waals surface area contributed by atoms with Gasteiger partial charge < -0.3 is 15.0 Å². The SMILES string of the molecule is c1nc(NC2CCCCC2)cc(N2CCOCC2)n1. The molecule has 0 spiro atoms. The summed E-state index contributed by atoms with van der Waals surface area (Å²) in [7, 11) is 0. The van der Waals surface area contributed by atoms with Crippen molar-refractivity contribution in [3.63, 3.8) is 0 Å². The summed E-state index contributed by atoms with van der Waals surface area (Å²) in [5, 5.41) is 3.55. The zero-order valence-electron chi connectivity index (χ0n) is 11.3. The molecule has 1 aliphatic carbocycles. The summed E-state index contributed by atoms with van der Waals surface area (Å²) in [6.07, 6.45) is 8.23. The second kappa shape index (κ2) is 6.19. The normalized spacial score (nSPS) is 21.4. The first-order valence-electron chi connectivity index (χ1n) is 7.33. The molecule has 2 aliphatic rings. The number of nitrogens with zero attached hydrogens (tertiary/aromatic N) is 3. The maximum atomic E-state index is 5.37. The monoisotopic (exact) mass is 262 g/mol. The zero-order chi connectivity index (χ0) is 12.9. The standard InChI is InChI=1S/C14H22N4O/c1-2-4-12(5-3-1)17-13-10-14(16-11-15-13)18-6-8-19-9-7-18/h10-12H,1-9H2,(H,15,16,17). The van der Waals surface area contributed by atoms with E-state index in [1.165, 1.54) is 32.1 Å². The molecule has 1 saturated heterocycles. The fourth-order valence-electron chi connectivity index (χ4n) is 2.85. The van der Waals surface area contributed by atoms with Crippen LogP contribution < -0.4 is 10.2 Å². The number of anilines is 2. The van der Waals surface area contributed by atoms with Gasteiger partial charge in [0.05, 0.1) is 13.2 Å². The Bertz CT molecular complexity index is 400. The number of aromatic nitrogens is 2. The molecule has 1 aliphatic heterocycles. The Kier molecular flexibility index (Phi) is 4.13. The van der Waals surface area contributed by atoms with Crippen LogP contribution in [0, 0.1) is 0 Å². The molecule has 19 heavy (non-hydrogen) atoms. The smallest absolute Gasteiger partial charge is 0.134 e. The Morgan fingerprint density at radius 3 is 2.68 bits per heavy atom. The van der Waals surface area contributed by atoms with Crippen molar-refractivity contribution in [2.45, 2.75) is 38.1 Å². The zero-order valence-corrected chi connectivity index (χ0v) is 11.3. The van der Waals surface area contributed by atoms with Crippen LogP contribution in [-0.4, -0.2) is 42.3 Å². The van der Waals surface area contributed by atoms with Crippen molar-refractivity contribution >= 4 is 11.6 Å². The highest BCUT2D eigenvalue weighted by molar-refractivity contribution is 5.49. The Hall–Kier alpha value is -1.36. The molecule has 2 heterocycles. The van der Waals surface area contributed by atoms with Crippen molar-refractivity contribution in [2.24, 2.45) is 0 Å². The second-order valence-electron chi connectivity index (χ2n) is 5.34. The molecule has 104 valence electrons. The lowest BCUT2D eigenvalue weighted by atomic mass is 9.95. The van der Waals surface area contributed by atoms with Crippen LogP contribution in [0.5, 0.6) is 0 Å². The lowest BCUT2D eigenvalue weighted by molar-refractivity contribution is 0.122. The summed E-state index contributed by atoms with van der Waals surface area (Å²) in [5.41, 5.74) is 0. The Labute approximate surface area is 114 Å². The van der Waals surface area contributed by atoms with E-state index in [9.17, 15) is 0 Å². The van der Waals surface area contributed by atoms with Gasteiger partial charge in [0, 0.05) is 25.2 Å². The fourth-order valence-corrected chi connectivity index (χ4v) is 2.85. The van der Waals surface area contributed by atoms with Gasteiger partial charge in [-0.25, -0.2) is 9.97 Å². The molecule has 0 unspecified atom stereocenters.